The zero-order valence-corrected chi connectivity index (χ0v) is 9.40. The number of amides is 1. The second-order valence-corrected chi connectivity index (χ2v) is 3.90. The monoisotopic (exact) mass is 207 g/mol. The molecule has 0 atom stereocenters. The maximum absolute atomic E-state index is 11.7. The van der Waals surface area contributed by atoms with Crippen molar-refractivity contribution in [2.45, 2.75) is 26.3 Å². The van der Waals surface area contributed by atoms with Crippen LogP contribution >= 0.6 is 0 Å². The number of phenols is 1. The first-order chi connectivity index (χ1) is 7.02. The van der Waals surface area contributed by atoms with Crippen molar-refractivity contribution in [1.82, 2.24) is 4.90 Å². The molecule has 1 aromatic rings. The summed E-state index contributed by atoms with van der Waals surface area (Å²) in [6.07, 6.45) is 0.251. The average Bonchev–Trinajstić information content (AvgIpc) is 2.20. The number of hydrogen-bond acceptors (Lipinski definition) is 2. The highest BCUT2D eigenvalue weighted by molar-refractivity contribution is 5.79. The third-order valence-electron chi connectivity index (χ3n) is 2.50. The van der Waals surface area contributed by atoms with Crippen LogP contribution in [0, 0.1) is 0 Å². The summed E-state index contributed by atoms with van der Waals surface area (Å²) in [5.41, 5.74) is 0.676. The van der Waals surface area contributed by atoms with Crippen LogP contribution in [0.4, 0.5) is 0 Å². The quantitative estimate of drug-likeness (QED) is 0.821. The van der Waals surface area contributed by atoms with Crippen LogP contribution in [-0.2, 0) is 11.2 Å². The fourth-order valence-corrected chi connectivity index (χ4v) is 1.24. The van der Waals surface area contributed by atoms with Crippen molar-refractivity contribution in [3.05, 3.63) is 29.8 Å². The van der Waals surface area contributed by atoms with E-state index in [1.165, 1.54) is 0 Å². The zero-order valence-electron chi connectivity index (χ0n) is 9.40. The van der Waals surface area contributed by atoms with Gasteiger partial charge < -0.3 is 10.0 Å². The van der Waals surface area contributed by atoms with Crippen molar-refractivity contribution in [2.75, 3.05) is 7.05 Å². The molecule has 0 aliphatic rings. The van der Waals surface area contributed by atoms with E-state index < -0.39 is 0 Å². The van der Waals surface area contributed by atoms with Gasteiger partial charge in [-0.25, -0.2) is 0 Å². The summed E-state index contributed by atoms with van der Waals surface area (Å²) in [6.45, 7) is 3.92. The van der Waals surface area contributed by atoms with E-state index in [2.05, 4.69) is 0 Å². The predicted molar refractivity (Wildman–Crippen MR) is 59.7 cm³/mol. The molecule has 1 N–H and O–H groups in total. The number of benzene rings is 1. The topological polar surface area (TPSA) is 40.5 Å². The van der Waals surface area contributed by atoms with Gasteiger partial charge in [-0.15, -0.1) is 0 Å². The molecule has 0 aliphatic carbocycles. The SMILES string of the molecule is CC(C)N(C)C(=O)Cc1ccccc1O. The summed E-state index contributed by atoms with van der Waals surface area (Å²) >= 11 is 0. The number of para-hydroxylation sites is 1. The number of phenolic OH excluding ortho intramolecular Hbond substituents is 1. The first kappa shape index (κ1) is 11.6. The minimum atomic E-state index is 0.0199. The molecule has 0 saturated heterocycles. The van der Waals surface area contributed by atoms with Gasteiger partial charge in [-0.3, -0.25) is 4.79 Å². The smallest absolute Gasteiger partial charge is 0.227 e. The maximum Gasteiger partial charge on any atom is 0.227 e. The van der Waals surface area contributed by atoms with Crippen LogP contribution in [-0.4, -0.2) is 29.0 Å². The van der Waals surface area contributed by atoms with Gasteiger partial charge in [0.05, 0.1) is 6.42 Å². The Morgan fingerprint density at radius 3 is 2.53 bits per heavy atom. The van der Waals surface area contributed by atoms with E-state index in [1.54, 1.807) is 30.1 Å². The number of carbonyl (C=O) groups is 1. The Morgan fingerprint density at radius 1 is 1.40 bits per heavy atom. The second-order valence-electron chi connectivity index (χ2n) is 3.90. The van der Waals surface area contributed by atoms with Crippen molar-refractivity contribution in [3.8, 4) is 5.75 Å². The number of rotatable bonds is 3. The largest absolute Gasteiger partial charge is 0.508 e. The fraction of sp³-hybridized carbons (Fsp3) is 0.417. The molecule has 0 spiro atoms. The molecular formula is C12H17NO2. The molecular weight excluding hydrogens is 190 g/mol. The molecule has 0 aliphatic heterocycles. The summed E-state index contributed by atoms with van der Waals surface area (Å²) in [5, 5.41) is 9.51. The Kier molecular flexibility index (Phi) is 3.72. The molecule has 0 unspecified atom stereocenters. The van der Waals surface area contributed by atoms with Gasteiger partial charge in [-0.05, 0) is 19.9 Å². The van der Waals surface area contributed by atoms with E-state index >= 15 is 0 Å². The third-order valence-corrected chi connectivity index (χ3v) is 2.50. The van der Waals surface area contributed by atoms with Gasteiger partial charge in [0.15, 0.2) is 0 Å². The Morgan fingerprint density at radius 2 is 2.00 bits per heavy atom. The molecule has 82 valence electrons. The minimum Gasteiger partial charge on any atom is -0.508 e. The number of nitrogens with zero attached hydrogens (tertiary/aromatic N) is 1. The predicted octanol–water partition coefficient (Wildman–Crippen LogP) is 1.80. The fourth-order valence-electron chi connectivity index (χ4n) is 1.24. The molecule has 1 aromatic carbocycles. The van der Waals surface area contributed by atoms with Gasteiger partial charge in [0.1, 0.15) is 5.75 Å². The van der Waals surface area contributed by atoms with Crippen molar-refractivity contribution in [2.24, 2.45) is 0 Å². The van der Waals surface area contributed by atoms with Crippen LogP contribution in [0.5, 0.6) is 5.75 Å². The van der Waals surface area contributed by atoms with Crippen molar-refractivity contribution < 1.29 is 9.90 Å². The zero-order chi connectivity index (χ0) is 11.4. The number of likely N-dealkylation sites (N-methyl/N-ethyl adjacent to an activating group) is 1. The molecule has 15 heavy (non-hydrogen) atoms. The summed E-state index contributed by atoms with van der Waals surface area (Å²) in [4.78, 5) is 13.4. The molecule has 3 heteroatoms. The number of hydrogen-bond donors (Lipinski definition) is 1. The van der Waals surface area contributed by atoms with Crippen LogP contribution in [0.3, 0.4) is 0 Å². The molecule has 1 amide bonds. The highest BCUT2D eigenvalue weighted by Gasteiger charge is 2.13. The Hall–Kier alpha value is -1.51. The van der Waals surface area contributed by atoms with E-state index in [0.717, 1.165) is 0 Å². The van der Waals surface area contributed by atoms with E-state index in [9.17, 15) is 9.90 Å². The molecule has 0 bridgehead atoms. The second kappa shape index (κ2) is 4.82. The first-order valence-electron chi connectivity index (χ1n) is 5.05. The first-order valence-corrected chi connectivity index (χ1v) is 5.05. The molecule has 3 nitrogen and oxygen atoms in total. The van der Waals surface area contributed by atoms with Gasteiger partial charge in [-0.2, -0.15) is 0 Å². The van der Waals surface area contributed by atoms with Gasteiger partial charge >= 0.3 is 0 Å². The number of carbonyl (C=O) groups excluding carboxylic acids is 1. The van der Waals surface area contributed by atoms with Crippen LogP contribution < -0.4 is 0 Å². The van der Waals surface area contributed by atoms with Crippen LogP contribution in [0.15, 0.2) is 24.3 Å². The van der Waals surface area contributed by atoms with Crippen LogP contribution in [0.25, 0.3) is 0 Å². The molecule has 0 saturated carbocycles. The summed E-state index contributed by atoms with van der Waals surface area (Å²) < 4.78 is 0. The summed E-state index contributed by atoms with van der Waals surface area (Å²) in [7, 11) is 1.77. The molecule has 0 heterocycles. The van der Waals surface area contributed by atoms with Crippen LogP contribution in [0.2, 0.25) is 0 Å². The summed E-state index contributed by atoms with van der Waals surface area (Å²) in [6, 6.07) is 7.11. The van der Waals surface area contributed by atoms with E-state index in [-0.39, 0.29) is 24.1 Å². The molecule has 0 aromatic heterocycles. The average molecular weight is 207 g/mol. The van der Waals surface area contributed by atoms with E-state index in [4.69, 9.17) is 0 Å². The maximum atomic E-state index is 11.7. The third kappa shape index (κ3) is 2.98. The highest BCUT2D eigenvalue weighted by atomic mass is 16.3. The molecule has 0 radical (unpaired) electrons. The minimum absolute atomic E-state index is 0.0199. The van der Waals surface area contributed by atoms with Crippen LogP contribution in [0.1, 0.15) is 19.4 Å². The Balaban J connectivity index is 2.71. The van der Waals surface area contributed by atoms with Crippen molar-refractivity contribution in [3.63, 3.8) is 0 Å². The highest BCUT2D eigenvalue weighted by Crippen LogP contribution is 2.16. The lowest BCUT2D eigenvalue weighted by atomic mass is 10.1. The van der Waals surface area contributed by atoms with Crippen molar-refractivity contribution in [1.29, 1.82) is 0 Å². The van der Waals surface area contributed by atoms with Gasteiger partial charge in [0, 0.05) is 18.7 Å². The van der Waals surface area contributed by atoms with E-state index in [1.807, 2.05) is 19.9 Å². The van der Waals surface area contributed by atoms with E-state index in [0.29, 0.717) is 5.56 Å². The lowest BCUT2D eigenvalue weighted by Crippen LogP contribution is -2.34. The summed E-state index contributed by atoms with van der Waals surface area (Å²) in [5.74, 6) is 0.203. The normalized spacial score (nSPS) is 10.4. The van der Waals surface area contributed by atoms with Gasteiger partial charge in [-0.1, -0.05) is 18.2 Å². The van der Waals surface area contributed by atoms with Crippen molar-refractivity contribution >= 4 is 5.91 Å². The molecule has 0 fully saturated rings. The molecule has 1 rings (SSSR count). The van der Waals surface area contributed by atoms with Gasteiger partial charge in [0.25, 0.3) is 0 Å². The number of aromatic hydroxyl groups is 1. The lowest BCUT2D eigenvalue weighted by Gasteiger charge is -2.21. The van der Waals surface area contributed by atoms with Gasteiger partial charge in [0.2, 0.25) is 5.91 Å². The standard InChI is InChI=1S/C12H17NO2/c1-9(2)13(3)12(15)8-10-6-4-5-7-11(10)14/h4-7,9,14H,8H2,1-3H3. The lowest BCUT2D eigenvalue weighted by molar-refractivity contribution is -0.130. The Bertz CT molecular complexity index is 347. The Labute approximate surface area is 90.3 Å².